The first-order chi connectivity index (χ1) is 13.7. The minimum Gasteiger partial charge on any atom is -0.507 e. The van der Waals surface area contributed by atoms with Crippen LogP contribution < -0.4 is 5.32 Å². The van der Waals surface area contributed by atoms with Gasteiger partial charge in [0.1, 0.15) is 23.5 Å². The number of fused-ring (bicyclic) bond motifs is 2. The van der Waals surface area contributed by atoms with Gasteiger partial charge in [0, 0.05) is 6.42 Å². The average molecular weight is 407 g/mol. The molecule has 2 aliphatic rings. The van der Waals surface area contributed by atoms with Crippen molar-refractivity contribution in [2.24, 2.45) is 11.8 Å². The van der Waals surface area contributed by atoms with Crippen LogP contribution in [0, 0.1) is 11.8 Å². The molecule has 1 aliphatic carbocycles. The molecule has 5 N–H and O–H groups in total. The summed E-state index contributed by atoms with van der Waals surface area (Å²) in [4.78, 5) is 25.8. The summed E-state index contributed by atoms with van der Waals surface area (Å²) in [5.74, 6) is -2.32. The van der Waals surface area contributed by atoms with Crippen LogP contribution in [0.5, 0.6) is 5.75 Å². The number of ether oxygens (including phenoxy) is 1. The number of benzene rings is 1. The van der Waals surface area contributed by atoms with Gasteiger partial charge in [0.2, 0.25) is 5.91 Å². The molecule has 160 valence electrons. The number of rotatable bonds is 2. The summed E-state index contributed by atoms with van der Waals surface area (Å²) in [5, 5.41) is 44.4. The Morgan fingerprint density at radius 1 is 1.14 bits per heavy atom. The van der Waals surface area contributed by atoms with Gasteiger partial charge in [-0.1, -0.05) is 26.0 Å². The van der Waals surface area contributed by atoms with Crippen LogP contribution in [0.4, 0.5) is 0 Å². The molecule has 1 heterocycles. The molecule has 6 unspecified atom stereocenters. The Hall–Kier alpha value is -2.16. The number of phenolic OH excluding ortho intramolecular Hbond substituents is 1. The first-order valence-electron chi connectivity index (χ1n) is 10.1. The molecule has 1 aromatic rings. The van der Waals surface area contributed by atoms with Gasteiger partial charge >= 0.3 is 5.97 Å². The molecule has 1 aromatic carbocycles. The Morgan fingerprint density at radius 3 is 2.55 bits per heavy atom. The minimum absolute atomic E-state index is 0.0387. The maximum atomic E-state index is 13.0. The fraction of sp³-hybridized carbons (Fsp3) is 0.619. The van der Waals surface area contributed by atoms with Gasteiger partial charge in [-0.15, -0.1) is 0 Å². The summed E-state index contributed by atoms with van der Waals surface area (Å²) in [7, 11) is 0. The van der Waals surface area contributed by atoms with Crippen molar-refractivity contribution >= 4 is 11.9 Å². The van der Waals surface area contributed by atoms with E-state index in [4.69, 9.17) is 4.74 Å². The second-order valence-electron chi connectivity index (χ2n) is 8.44. The lowest BCUT2D eigenvalue weighted by atomic mass is 9.81. The highest BCUT2D eigenvalue weighted by atomic mass is 16.6. The largest absolute Gasteiger partial charge is 0.507 e. The molecular formula is C21H29NO7. The molecule has 0 aromatic heterocycles. The summed E-state index contributed by atoms with van der Waals surface area (Å²) in [6.45, 7) is 3.94. The molecule has 3 rings (SSSR count). The zero-order chi connectivity index (χ0) is 21.3. The number of hydrogen-bond acceptors (Lipinski definition) is 7. The zero-order valence-electron chi connectivity index (χ0n) is 16.6. The van der Waals surface area contributed by atoms with E-state index in [1.54, 1.807) is 12.1 Å². The van der Waals surface area contributed by atoms with E-state index in [0.29, 0.717) is 12.0 Å². The van der Waals surface area contributed by atoms with Crippen molar-refractivity contribution in [3.05, 3.63) is 29.3 Å². The topological polar surface area (TPSA) is 136 Å². The van der Waals surface area contributed by atoms with Crippen molar-refractivity contribution in [2.45, 2.75) is 70.0 Å². The number of carbonyl (C=O) groups excluding carboxylic acids is 2. The fourth-order valence-corrected chi connectivity index (χ4v) is 4.23. The Labute approximate surface area is 169 Å². The van der Waals surface area contributed by atoms with Crippen LogP contribution in [0.1, 0.15) is 49.0 Å². The standard InChI is InChI=1S/C21H29NO7/c1-10(2)8-13-16(25)9-11-4-3-5-14(23)17(11)21(28)29-19-12(20(27)22-13)6-7-15(24)18(19)26/h3-5,10,12-13,15-16,18-19,23-26H,6-9H2,1-2H3,(H,22,27). The van der Waals surface area contributed by atoms with Gasteiger partial charge in [-0.25, -0.2) is 4.79 Å². The minimum atomic E-state index is -1.42. The third kappa shape index (κ3) is 4.55. The van der Waals surface area contributed by atoms with Crippen molar-refractivity contribution < 1.29 is 34.8 Å². The van der Waals surface area contributed by atoms with Crippen molar-refractivity contribution in [1.29, 1.82) is 0 Å². The SMILES string of the molecule is CC(C)CC1NC(=O)C2CCC(O)C(O)C2OC(=O)c2c(O)cccc2CC1O. The summed E-state index contributed by atoms with van der Waals surface area (Å²) in [6, 6.07) is 3.93. The van der Waals surface area contributed by atoms with E-state index in [0.717, 1.165) is 0 Å². The smallest absolute Gasteiger partial charge is 0.342 e. The van der Waals surface area contributed by atoms with Gasteiger partial charge in [0.25, 0.3) is 0 Å². The van der Waals surface area contributed by atoms with Crippen molar-refractivity contribution in [2.75, 3.05) is 0 Å². The molecule has 1 saturated carbocycles. The van der Waals surface area contributed by atoms with E-state index in [9.17, 15) is 30.0 Å². The lowest BCUT2D eigenvalue weighted by molar-refractivity contribution is -0.147. The van der Waals surface area contributed by atoms with Crippen LogP contribution in [0.25, 0.3) is 0 Å². The number of carbonyl (C=O) groups is 2. The van der Waals surface area contributed by atoms with Crippen LogP contribution >= 0.6 is 0 Å². The number of aliphatic hydroxyl groups is 3. The summed E-state index contributed by atoms with van der Waals surface area (Å²) in [6.07, 6.45) is -3.82. The normalized spacial score (nSPS) is 33.2. The van der Waals surface area contributed by atoms with Crippen molar-refractivity contribution in [3.63, 3.8) is 0 Å². The second-order valence-corrected chi connectivity index (χ2v) is 8.44. The summed E-state index contributed by atoms with van der Waals surface area (Å²) < 4.78 is 5.45. The summed E-state index contributed by atoms with van der Waals surface area (Å²) in [5.41, 5.74) is 0.282. The molecule has 29 heavy (non-hydrogen) atoms. The zero-order valence-corrected chi connectivity index (χ0v) is 16.6. The van der Waals surface area contributed by atoms with E-state index < -0.39 is 48.3 Å². The van der Waals surface area contributed by atoms with Gasteiger partial charge in [-0.05, 0) is 36.8 Å². The third-order valence-electron chi connectivity index (χ3n) is 5.76. The molecule has 8 heteroatoms. The molecule has 0 spiro atoms. The van der Waals surface area contributed by atoms with Crippen LogP contribution in [0.15, 0.2) is 18.2 Å². The first-order valence-corrected chi connectivity index (χ1v) is 10.1. The van der Waals surface area contributed by atoms with Crippen LogP contribution in [-0.2, 0) is 16.0 Å². The molecule has 0 saturated heterocycles. The summed E-state index contributed by atoms with van der Waals surface area (Å²) >= 11 is 0. The number of nitrogens with one attached hydrogen (secondary N) is 1. The Kier molecular flexibility index (Phi) is 6.45. The van der Waals surface area contributed by atoms with E-state index in [1.165, 1.54) is 6.07 Å². The van der Waals surface area contributed by atoms with E-state index in [-0.39, 0.29) is 36.5 Å². The van der Waals surface area contributed by atoms with Crippen molar-refractivity contribution in [3.8, 4) is 5.75 Å². The number of esters is 1. The average Bonchev–Trinajstić information content (AvgIpc) is 2.65. The highest BCUT2D eigenvalue weighted by Gasteiger charge is 2.45. The third-order valence-corrected chi connectivity index (χ3v) is 5.76. The molecular weight excluding hydrogens is 378 g/mol. The maximum Gasteiger partial charge on any atom is 0.342 e. The van der Waals surface area contributed by atoms with Gasteiger partial charge < -0.3 is 30.5 Å². The highest BCUT2D eigenvalue weighted by molar-refractivity contribution is 5.94. The van der Waals surface area contributed by atoms with Gasteiger partial charge in [0.15, 0.2) is 0 Å². The molecule has 0 radical (unpaired) electrons. The molecule has 1 amide bonds. The molecule has 8 nitrogen and oxygen atoms in total. The number of amides is 1. The number of hydrogen-bond donors (Lipinski definition) is 5. The molecule has 6 atom stereocenters. The lowest BCUT2D eigenvalue weighted by Crippen LogP contribution is -2.55. The fourth-order valence-electron chi connectivity index (χ4n) is 4.23. The van der Waals surface area contributed by atoms with Crippen LogP contribution in [0.3, 0.4) is 0 Å². The van der Waals surface area contributed by atoms with Gasteiger partial charge in [-0.2, -0.15) is 0 Å². The lowest BCUT2D eigenvalue weighted by Gasteiger charge is -2.37. The highest BCUT2D eigenvalue weighted by Crippen LogP contribution is 2.32. The van der Waals surface area contributed by atoms with Gasteiger partial charge in [-0.3, -0.25) is 4.79 Å². The predicted octanol–water partition coefficient (Wildman–Crippen LogP) is 0.497. The van der Waals surface area contributed by atoms with Gasteiger partial charge in [0.05, 0.1) is 24.2 Å². The molecule has 0 bridgehead atoms. The van der Waals surface area contributed by atoms with E-state index >= 15 is 0 Å². The predicted molar refractivity (Wildman–Crippen MR) is 103 cm³/mol. The molecule has 1 aliphatic heterocycles. The quantitative estimate of drug-likeness (QED) is 0.450. The second kappa shape index (κ2) is 8.69. The maximum absolute atomic E-state index is 13.0. The van der Waals surface area contributed by atoms with E-state index in [2.05, 4.69) is 5.32 Å². The molecule has 1 fully saturated rings. The Balaban J connectivity index is 2.05. The monoisotopic (exact) mass is 407 g/mol. The van der Waals surface area contributed by atoms with Crippen LogP contribution in [-0.4, -0.2) is 62.8 Å². The van der Waals surface area contributed by atoms with Crippen molar-refractivity contribution in [1.82, 2.24) is 5.32 Å². The number of aliphatic hydroxyl groups excluding tert-OH is 3. The van der Waals surface area contributed by atoms with Crippen LogP contribution in [0.2, 0.25) is 0 Å². The first kappa shape index (κ1) is 21.5. The number of phenols is 1. The number of aromatic hydroxyl groups is 1. The Bertz CT molecular complexity index is 765. The Morgan fingerprint density at radius 2 is 1.86 bits per heavy atom. The van der Waals surface area contributed by atoms with E-state index in [1.807, 2.05) is 13.8 Å².